The van der Waals surface area contributed by atoms with Crippen molar-refractivity contribution in [1.82, 2.24) is 10.6 Å². The number of nitrogens with one attached hydrogen (secondary N) is 2. The van der Waals surface area contributed by atoms with E-state index in [0.29, 0.717) is 11.5 Å². The lowest BCUT2D eigenvalue weighted by Crippen LogP contribution is -2.56. The second-order valence-electron chi connectivity index (χ2n) is 5.53. The molecule has 1 aromatic carbocycles. The number of halogens is 3. The molecular formula is C15H21ClF2N2O. The fourth-order valence-corrected chi connectivity index (χ4v) is 2.68. The first-order chi connectivity index (χ1) is 9.47. The molecule has 6 heteroatoms. The zero-order chi connectivity index (χ0) is 14.7. The molecule has 0 bridgehead atoms. The summed E-state index contributed by atoms with van der Waals surface area (Å²) >= 11 is 0. The molecule has 0 spiro atoms. The van der Waals surface area contributed by atoms with Gasteiger partial charge in [0.05, 0.1) is 6.42 Å². The van der Waals surface area contributed by atoms with Crippen molar-refractivity contribution in [2.24, 2.45) is 5.92 Å². The van der Waals surface area contributed by atoms with Crippen molar-refractivity contribution in [3.63, 3.8) is 0 Å². The van der Waals surface area contributed by atoms with Crippen LogP contribution in [0, 0.1) is 17.6 Å². The van der Waals surface area contributed by atoms with E-state index in [4.69, 9.17) is 0 Å². The van der Waals surface area contributed by atoms with Gasteiger partial charge in [-0.05, 0) is 43.5 Å². The largest absolute Gasteiger partial charge is 0.351 e. The number of benzene rings is 1. The number of rotatable bonds is 3. The number of carbonyl (C=O) groups excluding carboxylic acids is 1. The fraction of sp³-hybridized carbons (Fsp3) is 0.533. The SMILES string of the molecule is CC1CCNC(C)C1NC(=O)Cc1ccc(F)c(F)c1.Cl. The summed E-state index contributed by atoms with van der Waals surface area (Å²) in [6.45, 7) is 5.11. The smallest absolute Gasteiger partial charge is 0.224 e. The maximum Gasteiger partial charge on any atom is 0.224 e. The summed E-state index contributed by atoms with van der Waals surface area (Å²) in [5.74, 6) is -1.58. The molecule has 1 saturated heterocycles. The van der Waals surface area contributed by atoms with E-state index < -0.39 is 11.6 Å². The molecule has 0 aromatic heterocycles. The minimum absolute atomic E-state index is 0. The topological polar surface area (TPSA) is 41.1 Å². The van der Waals surface area contributed by atoms with Crippen LogP contribution in [0.2, 0.25) is 0 Å². The van der Waals surface area contributed by atoms with Crippen LogP contribution in [0.1, 0.15) is 25.8 Å². The second kappa shape index (κ2) is 7.71. The zero-order valence-electron chi connectivity index (χ0n) is 12.2. The molecule has 1 heterocycles. The molecule has 0 aliphatic carbocycles. The number of hydrogen-bond donors (Lipinski definition) is 2. The normalized spacial score (nSPS) is 25.0. The number of carbonyl (C=O) groups is 1. The van der Waals surface area contributed by atoms with E-state index >= 15 is 0 Å². The molecule has 1 aromatic rings. The van der Waals surface area contributed by atoms with E-state index in [9.17, 15) is 13.6 Å². The molecule has 1 aliphatic heterocycles. The third kappa shape index (κ3) is 4.64. The monoisotopic (exact) mass is 318 g/mol. The summed E-state index contributed by atoms with van der Waals surface area (Å²) < 4.78 is 25.9. The molecule has 3 atom stereocenters. The Morgan fingerprint density at radius 1 is 1.33 bits per heavy atom. The average Bonchev–Trinajstić information content (AvgIpc) is 2.38. The molecule has 0 saturated carbocycles. The van der Waals surface area contributed by atoms with E-state index in [1.807, 2.05) is 6.92 Å². The molecule has 2 rings (SSSR count). The molecule has 21 heavy (non-hydrogen) atoms. The Kier molecular flexibility index (Phi) is 6.55. The first-order valence-corrected chi connectivity index (χ1v) is 6.94. The highest BCUT2D eigenvalue weighted by molar-refractivity contribution is 5.85. The lowest BCUT2D eigenvalue weighted by molar-refractivity contribution is -0.121. The summed E-state index contributed by atoms with van der Waals surface area (Å²) in [6, 6.07) is 3.84. The molecule has 3 nitrogen and oxygen atoms in total. The molecule has 2 N–H and O–H groups in total. The van der Waals surface area contributed by atoms with Crippen LogP contribution >= 0.6 is 12.4 Å². The third-order valence-corrected chi connectivity index (χ3v) is 3.89. The van der Waals surface area contributed by atoms with Gasteiger partial charge in [-0.25, -0.2) is 8.78 Å². The average molecular weight is 319 g/mol. The number of amides is 1. The highest BCUT2D eigenvalue weighted by atomic mass is 35.5. The molecule has 1 amide bonds. The van der Waals surface area contributed by atoms with Gasteiger partial charge in [-0.2, -0.15) is 0 Å². The van der Waals surface area contributed by atoms with Crippen LogP contribution in [0.5, 0.6) is 0 Å². The molecule has 1 fully saturated rings. The van der Waals surface area contributed by atoms with Crippen molar-refractivity contribution in [3.8, 4) is 0 Å². The Balaban J connectivity index is 0.00000220. The van der Waals surface area contributed by atoms with Gasteiger partial charge in [0.2, 0.25) is 5.91 Å². The van der Waals surface area contributed by atoms with Gasteiger partial charge in [0.1, 0.15) is 0 Å². The van der Waals surface area contributed by atoms with Crippen molar-refractivity contribution in [1.29, 1.82) is 0 Å². The second-order valence-corrected chi connectivity index (χ2v) is 5.53. The van der Waals surface area contributed by atoms with Gasteiger partial charge >= 0.3 is 0 Å². The lowest BCUT2D eigenvalue weighted by Gasteiger charge is -2.36. The van der Waals surface area contributed by atoms with Crippen LogP contribution in [0.3, 0.4) is 0 Å². The lowest BCUT2D eigenvalue weighted by atomic mass is 9.89. The Bertz CT molecular complexity index is 489. The summed E-state index contributed by atoms with van der Waals surface area (Å²) in [7, 11) is 0. The minimum atomic E-state index is -0.920. The maximum absolute atomic E-state index is 13.1. The van der Waals surface area contributed by atoms with Gasteiger partial charge in [-0.3, -0.25) is 4.79 Å². The third-order valence-electron chi connectivity index (χ3n) is 3.89. The van der Waals surface area contributed by atoms with Crippen LogP contribution in [0.15, 0.2) is 18.2 Å². The van der Waals surface area contributed by atoms with Gasteiger partial charge in [0.25, 0.3) is 0 Å². The van der Waals surface area contributed by atoms with Crippen LogP contribution < -0.4 is 10.6 Å². The van der Waals surface area contributed by atoms with E-state index in [1.54, 1.807) is 0 Å². The molecule has 118 valence electrons. The van der Waals surface area contributed by atoms with Crippen LogP contribution in [0.4, 0.5) is 8.78 Å². The van der Waals surface area contributed by atoms with E-state index in [0.717, 1.165) is 25.1 Å². The van der Waals surface area contributed by atoms with Gasteiger partial charge in [-0.1, -0.05) is 13.0 Å². The van der Waals surface area contributed by atoms with Gasteiger partial charge in [0, 0.05) is 12.1 Å². The first kappa shape index (κ1) is 17.9. The van der Waals surface area contributed by atoms with Crippen LogP contribution in [0.25, 0.3) is 0 Å². The van der Waals surface area contributed by atoms with Crippen LogP contribution in [-0.2, 0) is 11.2 Å². The highest BCUT2D eigenvalue weighted by Crippen LogP contribution is 2.16. The summed E-state index contributed by atoms with van der Waals surface area (Å²) in [5, 5.41) is 6.31. The molecule has 1 aliphatic rings. The Labute approximate surface area is 129 Å². The first-order valence-electron chi connectivity index (χ1n) is 6.94. The quantitative estimate of drug-likeness (QED) is 0.898. The van der Waals surface area contributed by atoms with Gasteiger partial charge in [-0.15, -0.1) is 12.4 Å². The summed E-state index contributed by atoms with van der Waals surface area (Å²) in [5.41, 5.74) is 0.477. The summed E-state index contributed by atoms with van der Waals surface area (Å²) in [4.78, 5) is 12.0. The minimum Gasteiger partial charge on any atom is -0.351 e. The molecule has 0 radical (unpaired) electrons. The van der Waals surface area contributed by atoms with Gasteiger partial charge in [0.15, 0.2) is 11.6 Å². The Hall–Kier alpha value is -1.20. The Morgan fingerprint density at radius 2 is 2.05 bits per heavy atom. The fourth-order valence-electron chi connectivity index (χ4n) is 2.68. The predicted octanol–water partition coefficient (Wildman–Crippen LogP) is 2.43. The zero-order valence-corrected chi connectivity index (χ0v) is 13.0. The van der Waals surface area contributed by atoms with Crippen molar-refractivity contribution >= 4 is 18.3 Å². The van der Waals surface area contributed by atoms with Crippen molar-refractivity contribution in [2.75, 3.05) is 6.54 Å². The highest BCUT2D eigenvalue weighted by Gasteiger charge is 2.28. The predicted molar refractivity (Wildman–Crippen MR) is 80.5 cm³/mol. The standard InChI is InChI=1S/C15H20F2N2O.ClH/c1-9-5-6-18-10(2)15(9)19-14(20)8-11-3-4-12(16)13(17)7-11;/h3-4,7,9-10,15,18H,5-6,8H2,1-2H3,(H,19,20);1H. The van der Waals surface area contributed by atoms with E-state index in [2.05, 4.69) is 17.6 Å². The number of hydrogen-bond acceptors (Lipinski definition) is 2. The van der Waals surface area contributed by atoms with Gasteiger partial charge < -0.3 is 10.6 Å². The molecular weight excluding hydrogens is 298 g/mol. The van der Waals surface area contributed by atoms with E-state index in [-0.39, 0.29) is 36.8 Å². The summed E-state index contributed by atoms with van der Waals surface area (Å²) in [6.07, 6.45) is 1.08. The van der Waals surface area contributed by atoms with Crippen LogP contribution in [-0.4, -0.2) is 24.5 Å². The maximum atomic E-state index is 13.1. The number of piperidine rings is 1. The van der Waals surface area contributed by atoms with Crippen molar-refractivity contribution in [3.05, 3.63) is 35.4 Å². The van der Waals surface area contributed by atoms with E-state index in [1.165, 1.54) is 6.07 Å². The Morgan fingerprint density at radius 3 is 2.67 bits per heavy atom. The van der Waals surface area contributed by atoms with Crippen molar-refractivity contribution in [2.45, 2.75) is 38.8 Å². The molecule has 3 unspecified atom stereocenters. The van der Waals surface area contributed by atoms with Crippen molar-refractivity contribution < 1.29 is 13.6 Å².